The number of hydrogen-bond acceptors (Lipinski definition) is 3. The summed E-state index contributed by atoms with van der Waals surface area (Å²) < 4.78 is 32.0. The minimum Gasteiger partial charge on any atom is -0.496 e. The molecule has 1 rings (SSSR count). The van der Waals surface area contributed by atoms with Crippen LogP contribution in [-0.2, 0) is 16.6 Å². The van der Waals surface area contributed by atoms with E-state index in [-0.39, 0.29) is 12.3 Å². The van der Waals surface area contributed by atoms with Gasteiger partial charge in [-0.3, -0.25) is 0 Å². The van der Waals surface area contributed by atoms with Gasteiger partial charge in [0.2, 0.25) is 10.0 Å². The molecule has 0 heterocycles. The van der Waals surface area contributed by atoms with E-state index in [4.69, 9.17) is 4.74 Å². The molecule has 1 aromatic rings. The Labute approximate surface area is 117 Å². The van der Waals surface area contributed by atoms with Crippen molar-refractivity contribution < 1.29 is 13.2 Å². The first kappa shape index (κ1) is 15.5. The van der Waals surface area contributed by atoms with Crippen LogP contribution in [0.4, 0.5) is 0 Å². The number of halogens is 1. The summed E-state index contributed by atoms with van der Waals surface area (Å²) in [5, 5.41) is 0. The smallest absolute Gasteiger partial charge is 0.211 e. The molecular formula is C12H18BrNO3S. The Morgan fingerprint density at radius 2 is 2.11 bits per heavy atom. The van der Waals surface area contributed by atoms with Crippen molar-refractivity contribution in [3.05, 3.63) is 28.2 Å². The molecule has 0 saturated carbocycles. The molecule has 0 radical (unpaired) electrons. The number of rotatable bonds is 7. The lowest BCUT2D eigenvalue weighted by molar-refractivity contribution is 0.409. The normalized spacial score (nSPS) is 11.5. The molecule has 0 aliphatic heterocycles. The summed E-state index contributed by atoms with van der Waals surface area (Å²) in [4.78, 5) is 0. The average molecular weight is 336 g/mol. The zero-order valence-electron chi connectivity index (χ0n) is 10.6. The molecule has 102 valence electrons. The van der Waals surface area contributed by atoms with Gasteiger partial charge in [0.1, 0.15) is 5.75 Å². The van der Waals surface area contributed by atoms with Crippen LogP contribution >= 0.6 is 15.9 Å². The molecule has 0 bridgehead atoms. The van der Waals surface area contributed by atoms with Gasteiger partial charge < -0.3 is 4.74 Å². The molecule has 0 atom stereocenters. The van der Waals surface area contributed by atoms with Crippen molar-refractivity contribution >= 4 is 26.0 Å². The van der Waals surface area contributed by atoms with E-state index in [9.17, 15) is 8.42 Å². The number of benzene rings is 1. The lowest BCUT2D eigenvalue weighted by Gasteiger charge is -2.10. The fourth-order valence-electron chi connectivity index (χ4n) is 1.48. The molecule has 18 heavy (non-hydrogen) atoms. The van der Waals surface area contributed by atoms with E-state index in [1.807, 2.05) is 19.1 Å². The number of nitrogens with one attached hydrogen (secondary N) is 1. The topological polar surface area (TPSA) is 55.4 Å². The van der Waals surface area contributed by atoms with Gasteiger partial charge in [0.15, 0.2) is 0 Å². The second-order valence-electron chi connectivity index (χ2n) is 3.95. The van der Waals surface area contributed by atoms with E-state index in [0.717, 1.165) is 16.5 Å². The van der Waals surface area contributed by atoms with Crippen molar-refractivity contribution in [1.82, 2.24) is 4.72 Å². The van der Waals surface area contributed by atoms with Gasteiger partial charge in [-0.05, 0) is 24.6 Å². The van der Waals surface area contributed by atoms with Gasteiger partial charge in [0.25, 0.3) is 0 Å². The zero-order chi connectivity index (χ0) is 13.6. The highest BCUT2D eigenvalue weighted by Gasteiger charge is 2.11. The molecule has 1 N–H and O–H groups in total. The fraction of sp³-hybridized carbons (Fsp3) is 0.500. The van der Waals surface area contributed by atoms with Crippen LogP contribution in [0, 0.1) is 0 Å². The molecule has 6 heteroatoms. The zero-order valence-corrected chi connectivity index (χ0v) is 13.0. The minimum atomic E-state index is -3.20. The molecule has 0 spiro atoms. The van der Waals surface area contributed by atoms with E-state index in [0.29, 0.717) is 12.2 Å². The quantitative estimate of drug-likeness (QED) is 0.833. The SMILES string of the molecule is CCCCS(=O)(=O)NCc1cc(Br)ccc1OC. The molecule has 0 unspecified atom stereocenters. The largest absolute Gasteiger partial charge is 0.496 e. The maximum Gasteiger partial charge on any atom is 0.211 e. The molecular weight excluding hydrogens is 318 g/mol. The monoisotopic (exact) mass is 335 g/mol. The van der Waals surface area contributed by atoms with Crippen molar-refractivity contribution in [2.24, 2.45) is 0 Å². The second kappa shape index (κ2) is 7.11. The van der Waals surface area contributed by atoms with Gasteiger partial charge in [-0.15, -0.1) is 0 Å². The van der Waals surface area contributed by atoms with Gasteiger partial charge >= 0.3 is 0 Å². The van der Waals surface area contributed by atoms with Crippen molar-refractivity contribution in [1.29, 1.82) is 0 Å². The Morgan fingerprint density at radius 3 is 2.72 bits per heavy atom. The number of unbranched alkanes of at least 4 members (excludes halogenated alkanes) is 1. The highest BCUT2D eigenvalue weighted by molar-refractivity contribution is 9.10. The molecule has 0 amide bonds. The maximum atomic E-state index is 11.7. The summed E-state index contributed by atoms with van der Waals surface area (Å²) in [6.07, 6.45) is 1.53. The third kappa shape index (κ3) is 4.96. The number of sulfonamides is 1. The summed E-state index contributed by atoms with van der Waals surface area (Å²) in [6.45, 7) is 2.21. The Hall–Kier alpha value is -0.590. The van der Waals surface area contributed by atoms with Crippen LogP contribution < -0.4 is 9.46 Å². The first-order valence-electron chi connectivity index (χ1n) is 5.78. The van der Waals surface area contributed by atoms with Crippen LogP contribution in [0.1, 0.15) is 25.3 Å². The standard InChI is InChI=1S/C12H18BrNO3S/c1-3-4-7-18(15,16)14-9-10-8-11(13)5-6-12(10)17-2/h5-6,8,14H,3-4,7,9H2,1-2H3. The van der Waals surface area contributed by atoms with Crippen LogP contribution in [-0.4, -0.2) is 21.3 Å². The predicted molar refractivity (Wildman–Crippen MR) is 76.2 cm³/mol. The number of ether oxygens (including phenoxy) is 1. The highest BCUT2D eigenvalue weighted by atomic mass is 79.9. The molecule has 0 aliphatic rings. The molecule has 0 aromatic heterocycles. The second-order valence-corrected chi connectivity index (χ2v) is 6.79. The number of hydrogen-bond donors (Lipinski definition) is 1. The third-order valence-electron chi connectivity index (χ3n) is 2.49. The van der Waals surface area contributed by atoms with Gasteiger partial charge in [0, 0.05) is 16.6 Å². The summed E-state index contributed by atoms with van der Waals surface area (Å²) in [6, 6.07) is 5.51. The minimum absolute atomic E-state index is 0.166. The van der Waals surface area contributed by atoms with Crippen molar-refractivity contribution in [3.63, 3.8) is 0 Å². The van der Waals surface area contributed by atoms with Crippen molar-refractivity contribution in [2.75, 3.05) is 12.9 Å². The fourth-order valence-corrected chi connectivity index (χ4v) is 3.08. The Bertz CT molecular complexity index is 488. The first-order chi connectivity index (χ1) is 8.48. The lowest BCUT2D eigenvalue weighted by atomic mass is 10.2. The maximum absolute atomic E-state index is 11.7. The molecule has 0 saturated heterocycles. The van der Waals surface area contributed by atoms with Crippen LogP contribution in [0.25, 0.3) is 0 Å². The van der Waals surface area contributed by atoms with Gasteiger partial charge in [-0.1, -0.05) is 29.3 Å². The Balaban J connectivity index is 2.71. The van der Waals surface area contributed by atoms with E-state index >= 15 is 0 Å². The summed E-state index contributed by atoms with van der Waals surface area (Å²) in [5.74, 6) is 0.844. The Morgan fingerprint density at radius 1 is 1.39 bits per heavy atom. The van der Waals surface area contributed by atoms with E-state index < -0.39 is 10.0 Å². The average Bonchev–Trinajstić information content (AvgIpc) is 2.34. The van der Waals surface area contributed by atoms with E-state index in [2.05, 4.69) is 20.7 Å². The van der Waals surface area contributed by atoms with Crippen LogP contribution in [0.2, 0.25) is 0 Å². The van der Waals surface area contributed by atoms with Crippen LogP contribution in [0.15, 0.2) is 22.7 Å². The predicted octanol–water partition coefficient (Wildman–Crippen LogP) is 2.68. The van der Waals surface area contributed by atoms with Crippen LogP contribution in [0.3, 0.4) is 0 Å². The first-order valence-corrected chi connectivity index (χ1v) is 8.22. The van der Waals surface area contributed by atoms with E-state index in [1.165, 1.54) is 0 Å². The molecule has 4 nitrogen and oxygen atoms in total. The van der Waals surface area contributed by atoms with Crippen LogP contribution in [0.5, 0.6) is 5.75 Å². The summed E-state index contributed by atoms with van der Waals surface area (Å²) >= 11 is 3.36. The highest BCUT2D eigenvalue weighted by Crippen LogP contribution is 2.22. The van der Waals surface area contributed by atoms with Gasteiger partial charge in [0.05, 0.1) is 12.9 Å². The third-order valence-corrected chi connectivity index (χ3v) is 4.40. The van der Waals surface area contributed by atoms with Gasteiger partial charge in [-0.2, -0.15) is 0 Å². The van der Waals surface area contributed by atoms with Gasteiger partial charge in [-0.25, -0.2) is 13.1 Å². The lowest BCUT2D eigenvalue weighted by Crippen LogP contribution is -2.26. The molecule has 0 fully saturated rings. The van der Waals surface area contributed by atoms with Crippen molar-refractivity contribution in [2.45, 2.75) is 26.3 Å². The molecule has 1 aromatic carbocycles. The van der Waals surface area contributed by atoms with E-state index in [1.54, 1.807) is 13.2 Å². The Kier molecular flexibility index (Phi) is 6.11. The summed E-state index contributed by atoms with van der Waals surface area (Å²) in [5.41, 5.74) is 0.812. The molecule has 0 aliphatic carbocycles. The van der Waals surface area contributed by atoms with Crippen molar-refractivity contribution in [3.8, 4) is 5.75 Å². The summed E-state index contributed by atoms with van der Waals surface area (Å²) in [7, 11) is -1.63. The number of methoxy groups -OCH3 is 1.